The minimum Gasteiger partial charge on any atom is -0.298 e. The molecule has 1 heteroatoms. The molecule has 0 N–H and O–H groups in total. The van der Waals surface area contributed by atoms with E-state index < -0.39 is 0 Å². The molecule has 1 aromatic rings. The number of nitrogens with zero attached hydrogens (tertiary/aromatic N) is 1. The van der Waals surface area contributed by atoms with Gasteiger partial charge in [0, 0.05) is 14.5 Å². The van der Waals surface area contributed by atoms with Crippen molar-refractivity contribution in [3.63, 3.8) is 0 Å². The molecule has 0 aromatic heterocycles. The van der Waals surface area contributed by atoms with E-state index in [4.69, 9.17) is 1.37 Å². The molecule has 0 bridgehead atoms. The van der Waals surface area contributed by atoms with Crippen molar-refractivity contribution in [2.75, 3.05) is 13.6 Å². The lowest BCUT2D eigenvalue weighted by atomic mass is 10.2. The van der Waals surface area contributed by atoms with Crippen molar-refractivity contribution < 1.29 is 1.37 Å². The molecule has 0 heterocycles. The first-order chi connectivity index (χ1) is 6.36. The summed E-state index contributed by atoms with van der Waals surface area (Å²) < 4.78 is 7.29. The molecule has 1 aromatic carbocycles. The average Bonchev–Trinajstić information content (AvgIpc) is 2.19. The molecule has 0 spiro atoms. The van der Waals surface area contributed by atoms with Gasteiger partial charge in [-0.2, -0.15) is 0 Å². The Balaban J connectivity index is 2.51. The van der Waals surface area contributed by atoms with Gasteiger partial charge in [0.15, 0.2) is 0 Å². The van der Waals surface area contributed by atoms with Crippen molar-refractivity contribution in [2.45, 2.75) is 6.54 Å². The van der Waals surface area contributed by atoms with E-state index in [9.17, 15) is 0 Å². The van der Waals surface area contributed by atoms with Crippen LogP contribution in [0.4, 0.5) is 0 Å². The zero-order valence-corrected chi connectivity index (χ0v) is 7.24. The zero-order valence-electron chi connectivity index (χ0n) is 8.24. The molecule has 0 amide bonds. The summed E-state index contributed by atoms with van der Waals surface area (Å²) in [5.41, 5.74) is 1.25. The molecule has 1 rings (SSSR count). The normalized spacial score (nSPS) is 11.2. The Labute approximate surface area is 75.7 Å². The summed E-state index contributed by atoms with van der Waals surface area (Å²) in [4.78, 5) is 2.02. The first-order valence-corrected chi connectivity index (χ1v) is 4.03. The number of rotatable bonds is 4. The third-order valence-corrected chi connectivity index (χ3v) is 1.64. The highest BCUT2D eigenvalue weighted by atomic mass is 15.1. The van der Waals surface area contributed by atoms with E-state index in [1.54, 1.807) is 0 Å². The van der Waals surface area contributed by atoms with Crippen LogP contribution < -0.4 is 0 Å². The molecule has 0 unspecified atom stereocenters. The maximum absolute atomic E-state index is 7.29. The van der Waals surface area contributed by atoms with Crippen LogP contribution in [0.15, 0.2) is 43.0 Å². The summed E-state index contributed by atoms with van der Waals surface area (Å²) in [5.74, 6) is 0. The molecule has 0 saturated carbocycles. The Hall–Kier alpha value is -1.08. The summed E-state index contributed by atoms with van der Waals surface area (Å²) in [7, 11) is 0.320. The summed E-state index contributed by atoms with van der Waals surface area (Å²) in [6.07, 6.45) is 1.83. The molecule has 0 radical (unpaired) electrons. The molecule has 64 valence electrons. The number of likely N-dealkylation sites (N-methyl/N-ethyl adjacent to an activating group) is 1. The van der Waals surface area contributed by atoms with Crippen LogP contribution >= 0.6 is 0 Å². The van der Waals surface area contributed by atoms with Gasteiger partial charge < -0.3 is 0 Å². The van der Waals surface area contributed by atoms with Gasteiger partial charge in [-0.05, 0) is 12.6 Å². The first-order valence-electron chi connectivity index (χ1n) is 4.74. The number of benzene rings is 1. The molecule has 12 heavy (non-hydrogen) atoms. The fraction of sp³-hybridized carbons (Fsp3) is 0.273. The van der Waals surface area contributed by atoms with Crippen LogP contribution in [0.1, 0.15) is 6.93 Å². The maximum atomic E-state index is 7.29. The second-order valence-electron chi connectivity index (χ2n) is 2.79. The Morgan fingerprint density at radius 3 is 2.83 bits per heavy atom. The van der Waals surface area contributed by atoms with Crippen molar-refractivity contribution in [1.82, 2.24) is 4.90 Å². The molecular formula is C11H15N. The van der Waals surface area contributed by atoms with Gasteiger partial charge in [-0.1, -0.05) is 36.4 Å². The summed E-state index contributed by atoms with van der Waals surface area (Å²) in [5, 5.41) is 0. The van der Waals surface area contributed by atoms with Crippen LogP contribution in [0.5, 0.6) is 0 Å². The monoisotopic (exact) mass is 162 g/mol. The van der Waals surface area contributed by atoms with Crippen LogP contribution in [0.25, 0.3) is 0 Å². The van der Waals surface area contributed by atoms with Crippen molar-refractivity contribution >= 4 is 0 Å². The topological polar surface area (TPSA) is 3.24 Å². The zero-order chi connectivity index (χ0) is 9.52. The third kappa shape index (κ3) is 2.89. The van der Waals surface area contributed by atoms with E-state index >= 15 is 0 Å². The molecule has 0 aliphatic heterocycles. The van der Waals surface area contributed by atoms with E-state index in [-0.39, 0.29) is 0 Å². The number of hydrogen-bond acceptors (Lipinski definition) is 1. The maximum Gasteiger partial charge on any atom is 0.0394 e. The third-order valence-electron chi connectivity index (χ3n) is 1.64. The SMILES string of the molecule is [2H]CN(CC=C)Cc1ccccc1. The fourth-order valence-electron chi connectivity index (χ4n) is 1.09. The van der Waals surface area contributed by atoms with Crippen LogP contribution in [-0.4, -0.2) is 18.5 Å². The Morgan fingerprint density at radius 1 is 1.50 bits per heavy atom. The second-order valence-corrected chi connectivity index (χ2v) is 2.79. The smallest absolute Gasteiger partial charge is 0.0394 e. The van der Waals surface area contributed by atoms with Crippen molar-refractivity contribution in [3.8, 4) is 0 Å². The Kier molecular flexibility index (Phi) is 2.98. The van der Waals surface area contributed by atoms with Gasteiger partial charge >= 0.3 is 0 Å². The lowest BCUT2D eigenvalue weighted by Gasteiger charge is -2.13. The first kappa shape index (κ1) is 7.56. The van der Waals surface area contributed by atoms with Gasteiger partial charge in [-0.3, -0.25) is 4.90 Å². The van der Waals surface area contributed by atoms with Crippen molar-refractivity contribution in [3.05, 3.63) is 48.6 Å². The van der Waals surface area contributed by atoms with Gasteiger partial charge in [-0.15, -0.1) is 6.58 Å². The minimum atomic E-state index is 0.320. The van der Waals surface area contributed by atoms with Gasteiger partial charge in [0.2, 0.25) is 0 Å². The predicted octanol–water partition coefficient (Wildman–Crippen LogP) is 2.30. The van der Waals surface area contributed by atoms with Crippen LogP contribution in [-0.2, 0) is 6.54 Å². The average molecular weight is 162 g/mol. The molecule has 1 nitrogen and oxygen atoms in total. The van der Waals surface area contributed by atoms with Gasteiger partial charge in [0.05, 0.1) is 0 Å². The molecule has 0 atom stereocenters. The van der Waals surface area contributed by atoms with E-state index in [0.29, 0.717) is 7.02 Å². The quantitative estimate of drug-likeness (QED) is 0.614. The lowest BCUT2D eigenvalue weighted by Crippen LogP contribution is -2.17. The molecule has 0 saturated heterocycles. The summed E-state index contributed by atoms with van der Waals surface area (Å²) in [6.45, 7) is 5.27. The Morgan fingerprint density at radius 2 is 2.25 bits per heavy atom. The van der Waals surface area contributed by atoms with E-state index in [2.05, 4.69) is 18.7 Å². The van der Waals surface area contributed by atoms with Crippen molar-refractivity contribution in [2.24, 2.45) is 0 Å². The lowest BCUT2D eigenvalue weighted by molar-refractivity contribution is 0.363. The highest BCUT2D eigenvalue weighted by molar-refractivity contribution is 5.14. The standard InChI is InChI=1S/C11H15N/c1-3-9-12(2)10-11-7-5-4-6-8-11/h3-8H,1,9-10H2,2H3/i2D. The molecular weight excluding hydrogens is 146 g/mol. The van der Waals surface area contributed by atoms with Crippen LogP contribution in [0.2, 0.25) is 0 Å². The van der Waals surface area contributed by atoms with Crippen LogP contribution in [0.3, 0.4) is 0 Å². The minimum absolute atomic E-state index is 0.320. The fourth-order valence-corrected chi connectivity index (χ4v) is 1.09. The number of hydrogen-bond donors (Lipinski definition) is 0. The molecule has 0 aliphatic carbocycles. The van der Waals surface area contributed by atoms with Crippen LogP contribution in [0, 0.1) is 0 Å². The summed E-state index contributed by atoms with van der Waals surface area (Å²) >= 11 is 0. The summed E-state index contributed by atoms with van der Waals surface area (Å²) in [6, 6.07) is 10.2. The van der Waals surface area contributed by atoms with Gasteiger partial charge in [0.25, 0.3) is 0 Å². The van der Waals surface area contributed by atoms with Gasteiger partial charge in [-0.25, -0.2) is 0 Å². The van der Waals surface area contributed by atoms with E-state index in [0.717, 1.165) is 13.1 Å². The predicted molar refractivity (Wildman–Crippen MR) is 53.0 cm³/mol. The largest absolute Gasteiger partial charge is 0.298 e. The van der Waals surface area contributed by atoms with E-state index in [1.165, 1.54) is 5.56 Å². The second kappa shape index (κ2) is 4.73. The molecule has 0 aliphatic rings. The highest BCUT2D eigenvalue weighted by Gasteiger charge is 1.95. The van der Waals surface area contributed by atoms with E-state index in [1.807, 2.05) is 29.2 Å². The van der Waals surface area contributed by atoms with Crippen molar-refractivity contribution in [1.29, 1.82) is 0 Å². The highest BCUT2D eigenvalue weighted by Crippen LogP contribution is 2.01. The van der Waals surface area contributed by atoms with Gasteiger partial charge in [0.1, 0.15) is 0 Å². The molecule has 0 fully saturated rings. The Bertz CT molecular complexity index is 246.